The van der Waals surface area contributed by atoms with Crippen molar-refractivity contribution in [2.45, 2.75) is 11.8 Å². The average molecular weight is 269 g/mol. The smallest absolute Gasteiger partial charge is 0.427 e. The first-order chi connectivity index (χ1) is 7.36. The molecule has 0 saturated carbocycles. The molecule has 0 N–H and O–H groups in total. The number of carbonyl (C=O) groups is 1. The molecule has 17 heavy (non-hydrogen) atoms. The molecule has 0 fully saturated rings. The minimum Gasteiger partial charge on any atom is -1.00 e. The monoisotopic (exact) mass is 268 g/mol. The number of hydrogen-bond acceptors (Lipinski definition) is 3. The molecule has 0 spiro atoms. The highest BCUT2D eigenvalue weighted by molar-refractivity contribution is 5.78. The van der Waals surface area contributed by atoms with Crippen LogP contribution in [-0.2, 0) is 15.1 Å². The van der Waals surface area contributed by atoms with Crippen LogP contribution in [-0.4, -0.2) is 19.3 Å². The fourth-order valence-corrected chi connectivity index (χ4v) is 1.39. The van der Waals surface area contributed by atoms with Crippen molar-refractivity contribution in [2.75, 3.05) is 7.11 Å². The summed E-state index contributed by atoms with van der Waals surface area (Å²) in [6, 6.07) is 6.09. The average Bonchev–Trinajstić information content (AvgIpc) is 2.18. The largest absolute Gasteiger partial charge is 1.00 e. The first-order valence-corrected chi connectivity index (χ1v) is 4.25. The molecule has 96 valence electrons. The Balaban J connectivity index is 0.00000256. The third kappa shape index (κ3) is 2.53. The summed E-state index contributed by atoms with van der Waals surface area (Å²) in [5.41, 5.74) is -3.95. The lowest BCUT2D eigenvalue weighted by Gasteiger charge is -2.35. The summed E-state index contributed by atoms with van der Waals surface area (Å²) in [6.45, 7) is 0. The van der Waals surface area contributed by atoms with Crippen LogP contribution >= 0.6 is 0 Å². The molecule has 0 aliphatic carbocycles. The van der Waals surface area contributed by atoms with E-state index in [1.54, 1.807) is 0 Å². The van der Waals surface area contributed by atoms with Gasteiger partial charge in [0.15, 0.2) is 0 Å². The van der Waals surface area contributed by atoms with Crippen molar-refractivity contribution in [3.8, 4) is 0 Å². The Morgan fingerprint density at radius 2 is 1.71 bits per heavy atom. The Morgan fingerprint density at radius 1 is 1.24 bits per heavy atom. The fourth-order valence-electron chi connectivity index (χ4n) is 1.39. The molecule has 1 atom stereocenters. The van der Waals surface area contributed by atoms with Crippen molar-refractivity contribution >= 4 is 5.97 Å². The minimum atomic E-state index is -5.10. The van der Waals surface area contributed by atoms with Gasteiger partial charge in [0, 0.05) is 7.11 Å². The third-order valence-electron chi connectivity index (χ3n) is 2.17. The van der Waals surface area contributed by atoms with Gasteiger partial charge in [-0.2, -0.15) is 13.2 Å². The Kier molecular flexibility index (Phi) is 4.97. The Labute approximate surface area is 102 Å². The van der Waals surface area contributed by atoms with E-state index in [1.807, 2.05) is 0 Å². The number of ether oxygens (including phenoxy) is 1. The molecule has 0 bridgehead atoms. The lowest BCUT2D eigenvalue weighted by atomic mass is 9.93. The van der Waals surface area contributed by atoms with Crippen LogP contribution in [0.4, 0.5) is 13.2 Å². The SMILES string of the molecule is CO[C@](C(=O)[O-])(c1ccccc1)C(F)(F)F.[Cl-]. The van der Waals surface area contributed by atoms with E-state index in [9.17, 15) is 23.1 Å². The van der Waals surface area contributed by atoms with Crippen molar-refractivity contribution in [2.24, 2.45) is 0 Å². The highest BCUT2D eigenvalue weighted by Gasteiger charge is 2.58. The molecule has 3 nitrogen and oxygen atoms in total. The van der Waals surface area contributed by atoms with Crippen LogP contribution in [0.5, 0.6) is 0 Å². The van der Waals surface area contributed by atoms with Crippen LogP contribution in [0.1, 0.15) is 5.56 Å². The number of carboxylic acid groups (broad SMARTS) is 1. The number of aliphatic carboxylic acids is 1. The van der Waals surface area contributed by atoms with Crippen molar-refractivity contribution < 1.29 is 40.2 Å². The van der Waals surface area contributed by atoms with Crippen molar-refractivity contribution in [1.29, 1.82) is 0 Å². The standard InChI is InChI=1S/C10H9F3O3.ClH/c1-16-9(8(14)15,10(11,12)13)7-5-3-2-4-6-7;/h2-6H,1H3,(H,14,15);1H/p-2/t9-;/m0./s1. The molecular weight excluding hydrogens is 261 g/mol. The molecule has 0 aliphatic rings. The molecule has 0 unspecified atom stereocenters. The van der Waals surface area contributed by atoms with Crippen LogP contribution in [0.3, 0.4) is 0 Å². The van der Waals surface area contributed by atoms with Crippen LogP contribution < -0.4 is 17.5 Å². The summed E-state index contributed by atoms with van der Waals surface area (Å²) in [7, 11) is 0.677. The topological polar surface area (TPSA) is 49.4 Å². The molecule has 0 saturated heterocycles. The van der Waals surface area contributed by atoms with E-state index >= 15 is 0 Å². The summed E-state index contributed by atoms with van der Waals surface area (Å²) in [6.07, 6.45) is -5.10. The highest BCUT2D eigenvalue weighted by Crippen LogP contribution is 2.41. The van der Waals surface area contributed by atoms with Gasteiger partial charge >= 0.3 is 6.18 Å². The van der Waals surface area contributed by atoms with Gasteiger partial charge in [0.2, 0.25) is 5.60 Å². The summed E-state index contributed by atoms with van der Waals surface area (Å²) < 4.78 is 42.5. The summed E-state index contributed by atoms with van der Waals surface area (Å²) >= 11 is 0. The zero-order valence-corrected chi connectivity index (χ0v) is 9.38. The van der Waals surface area contributed by atoms with Crippen LogP contribution in [0, 0.1) is 0 Å². The molecule has 1 aromatic carbocycles. The van der Waals surface area contributed by atoms with E-state index in [0.29, 0.717) is 7.11 Å². The van der Waals surface area contributed by atoms with Gasteiger partial charge < -0.3 is 27.0 Å². The van der Waals surface area contributed by atoms with E-state index in [4.69, 9.17) is 0 Å². The van der Waals surface area contributed by atoms with Gasteiger partial charge in [-0.3, -0.25) is 0 Å². The van der Waals surface area contributed by atoms with Crippen LogP contribution in [0.2, 0.25) is 0 Å². The van der Waals surface area contributed by atoms with Gasteiger partial charge in [0.25, 0.3) is 0 Å². The Bertz CT molecular complexity index is 380. The summed E-state index contributed by atoms with van der Waals surface area (Å²) in [5, 5.41) is 10.7. The molecule has 1 aromatic rings. The van der Waals surface area contributed by atoms with Crippen LogP contribution in [0.25, 0.3) is 0 Å². The summed E-state index contributed by atoms with van der Waals surface area (Å²) in [5.74, 6) is -2.34. The van der Waals surface area contributed by atoms with Gasteiger partial charge in [-0.25, -0.2) is 0 Å². The van der Waals surface area contributed by atoms with E-state index in [-0.39, 0.29) is 12.4 Å². The maximum Gasteiger partial charge on any atom is 0.427 e. The first kappa shape index (κ1) is 15.7. The number of methoxy groups -OCH3 is 1. The number of carboxylic acids is 1. The van der Waals surface area contributed by atoms with E-state index in [0.717, 1.165) is 12.1 Å². The second kappa shape index (κ2) is 5.37. The van der Waals surface area contributed by atoms with E-state index in [1.165, 1.54) is 18.2 Å². The number of rotatable bonds is 3. The van der Waals surface area contributed by atoms with Gasteiger partial charge in [0.05, 0.1) is 5.97 Å². The molecule has 0 aromatic heterocycles. The maximum atomic E-state index is 12.8. The second-order valence-electron chi connectivity index (χ2n) is 3.04. The number of alkyl halides is 3. The molecule has 1 rings (SSSR count). The molecule has 0 amide bonds. The lowest BCUT2D eigenvalue weighted by molar-refractivity contribution is -0.360. The number of halogens is 4. The van der Waals surface area contributed by atoms with E-state index < -0.39 is 23.3 Å². The van der Waals surface area contributed by atoms with Crippen molar-refractivity contribution in [3.05, 3.63) is 35.9 Å². The molecule has 0 radical (unpaired) electrons. The zero-order chi connectivity index (χ0) is 12.4. The third-order valence-corrected chi connectivity index (χ3v) is 2.17. The van der Waals surface area contributed by atoms with Crippen molar-refractivity contribution in [1.82, 2.24) is 0 Å². The number of hydrogen-bond donors (Lipinski definition) is 0. The van der Waals surface area contributed by atoms with Gasteiger partial charge in [-0.15, -0.1) is 0 Å². The highest BCUT2D eigenvalue weighted by atomic mass is 35.5. The van der Waals surface area contributed by atoms with Crippen molar-refractivity contribution in [3.63, 3.8) is 0 Å². The lowest BCUT2D eigenvalue weighted by Crippen LogP contribution is -3.00. The zero-order valence-electron chi connectivity index (χ0n) is 8.62. The fraction of sp³-hybridized carbons (Fsp3) is 0.300. The Hall–Kier alpha value is -1.27. The van der Waals surface area contributed by atoms with E-state index in [2.05, 4.69) is 4.74 Å². The molecular formula is C10H8ClF3O3-2. The van der Waals surface area contributed by atoms with Gasteiger partial charge in [-0.05, 0) is 5.56 Å². The predicted octanol–water partition coefficient (Wildman–Crippen LogP) is -2.16. The molecule has 0 heterocycles. The molecule has 0 aliphatic heterocycles. The number of carbonyl (C=O) groups excluding carboxylic acids is 1. The minimum absolute atomic E-state index is 0. The predicted molar refractivity (Wildman–Crippen MR) is 46.2 cm³/mol. The second-order valence-corrected chi connectivity index (χ2v) is 3.04. The maximum absolute atomic E-state index is 12.8. The Morgan fingerprint density at radius 3 is 2.00 bits per heavy atom. The number of benzene rings is 1. The first-order valence-electron chi connectivity index (χ1n) is 4.25. The quantitative estimate of drug-likeness (QED) is 0.628. The van der Waals surface area contributed by atoms with Gasteiger partial charge in [-0.1, -0.05) is 30.3 Å². The molecule has 7 heteroatoms. The summed E-state index contributed by atoms with van der Waals surface area (Å²) in [4.78, 5) is 10.7. The van der Waals surface area contributed by atoms with Gasteiger partial charge in [0.1, 0.15) is 0 Å². The van der Waals surface area contributed by atoms with Crippen LogP contribution in [0.15, 0.2) is 30.3 Å². The normalized spacial score (nSPS) is 14.6.